The van der Waals surface area contributed by atoms with Crippen LogP contribution in [0.1, 0.15) is 26.3 Å². The van der Waals surface area contributed by atoms with Gasteiger partial charge in [0.15, 0.2) is 0 Å². The van der Waals surface area contributed by atoms with Crippen LogP contribution < -0.4 is 4.72 Å². The quantitative estimate of drug-likeness (QED) is 0.496. The van der Waals surface area contributed by atoms with E-state index in [1.165, 1.54) is 6.07 Å². The van der Waals surface area contributed by atoms with Gasteiger partial charge in [0.05, 0.1) is 10.6 Å². The van der Waals surface area contributed by atoms with Crippen molar-refractivity contribution in [3.05, 3.63) is 33.9 Å². The third-order valence-electron chi connectivity index (χ3n) is 1.90. The van der Waals surface area contributed by atoms with E-state index in [0.29, 0.717) is 0 Å². The van der Waals surface area contributed by atoms with Gasteiger partial charge in [-0.3, -0.25) is 10.1 Å². The highest BCUT2D eigenvalue weighted by Gasteiger charge is 2.13. The maximum Gasteiger partial charge on any atom is 0.271 e. The Balaban J connectivity index is 2.86. The number of non-ortho nitro benzene ring substituents is 1. The molecule has 0 fully saturated rings. The zero-order valence-electron chi connectivity index (χ0n) is 9.90. The largest absolute Gasteiger partial charge is 0.329 e. The molecule has 1 rings (SSSR count). The summed E-state index contributed by atoms with van der Waals surface area (Å²) in [7, 11) is 0. The van der Waals surface area contributed by atoms with Gasteiger partial charge in [-0.25, -0.2) is 0 Å². The number of anilines is 1. The number of aryl methyl sites for hydroxylation is 1. The van der Waals surface area contributed by atoms with E-state index in [2.05, 4.69) is 25.5 Å². The minimum atomic E-state index is -0.383. The van der Waals surface area contributed by atoms with Gasteiger partial charge in [-0.15, -0.1) is 0 Å². The standard InChI is InChI=1S/C11H16N2O2S/c1-8-5-6-9(13(14)15)7-10(8)12-16-11(2,3)4/h5-7,12H,1-4H3. The zero-order chi connectivity index (χ0) is 12.3. The second kappa shape index (κ2) is 4.74. The normalized spacial score (nSPS) is 11.2. The van der Waals surface area contributed by atoms with Gasteiger partial charge in [0.25, 0.3) is 5.69 Å². The molecule has 0 unspecified atom stereocenters. The zero-order valence-corrected chi connectivity index (χ0v) is 10.7. The van der Waals surface area contributed by atoms with Crippen LogP contribution in [0.2, 0.25) is 0 Å². The number of nitro groups is 1. The average Bonchev–Trinajstić information content (AvgIpc) is 2.14. The topological polar surface area (TPSA) is 55.2 Å². The van der Waals surface area contributed by atoms with E-state index in [9.17, 15) is 10.1 Å². The van der Waals surface area contributed by atoms with Gasteiger partial charge >= 0.3 is 0 Å². The van der Waals surface area contributed by atoms with Crippen LogP contribution in [-0.2, 0) is 0 Å². The van der Waals surface area contributed by atoms with Gasteiger partial charge < -0.3 is 4.72 Å². The molecule has 0 aliphatic heterocycles. The third kappa shape index (κ3) is 3.73. The van der Waals surface area contributed by atoms with E-state index in [1.54, 1.807) is 24.1 Å². The second-order valence-electron chi connectivity index (χ2n) is 4.57. The molecule has 1 aromatic rings. The number of nitrogens with one attached hydrogen (secondary N) is 1. The number of hydrogen-bond acceptors (Lipinski definition) is 4. The molecule has 0 saturated carbocycles. The Hall–Kier alpha value is -1.23. The van der Waals surface area contributed by atoms with Crippen molar-refractivity contribution in [2.45, 2.75) is 32.4 Å². The van der Waals surface area contributed by atoms with Crippen molar-refractivity contribution in [3.63, 3.8) is 0 Å². The first-order valence-corrected chi connectivity index (χ1v) is 5.80. The van der Waals surface area contributed by atoms with Crippen LogP contribution in [0.5, 0.6) is 0 Å². The van der Waals surface area contributed by atoms with E-state index < -0.39 is 0 Å². The number of benzene rings is 1. The molecular formula is C11H16N2O2S. The average molecular weight is 240 g/mol. The number of rotatable bonds is 3. The molecule has 1 aromatic carbocycles. The van der Waals surface area contributed by atoms with Gasteiger partial charge in [-0.1, -0.05) is 6.07 Å². The molecule has 0 radical (unpaired) electrons. The predicted molar refractivity (Wildman–Crippen MR) is 68.8 cm³/mol. The van der Waals surface area contributed by atoms with Crippen molar-refractivity contribution in [1.82, 2.24) is 0 Å². The minimum absolute atomic E-state index is 0.0665. The lowest BCUT2D eigenvalue weighted by Crippen LogP contribution is -2.11. The molecule has 0 amide bonds. The molecule has 0 bridgehead atoms. The van der Waals surface area contributed by atoms with Crippen LogP contribution in [0.3, 0.4) is 0 Å². The summed E-state index contributed by atoms with van der Waals surface area (Å²) >= 11 is 1.55. The lowest BCUT2D eigenvalue weighted by Gasteiger charge is -2.19. The van der Waals surface area contributed by atoms with Crippen LogP contribution >= 0.6 is 11.9 Å². The lowest BCUT2D eigenvalue weighted by molar-refractivity contribution is -0.384. The van der Waals surface area contributed by atoms with Crippen molar-refractivity contribution in [1.29, 1.82) is 0 Å². The Labute approximate surface area is 99.7 Å². The van der Waals surface area contributed by atoms with Crippen LogP contribution in [0.25, 0.3) is 0 Å². The Kier molecular flexibility index (Phi) is 3.80. The van der Waals surface area contributed by atoms with Crippen LogP contribution in [-0.4, -0.2) is 9.67 Å². The smallest absolute Gasteiger partial charge is 0.271 e. The second-order valence-corrected chi connectivity index (χ2v) is 6.21. The van der Waals surface area contributed by atoms with Crippen molar-refractivity contribution < 1.29 is 4.92 Å². The molecular weight excluding hydrogens is 224 g/mol. The van der Waals surface area contributed by atoms with Gasteiger partial charge in [0.2, 0.25) is 0 Å². The molecule has 0 saturated heterocycles. The SMILES string of the molecule is Cc1ccc([N+](=O)[O-])cc1NSC(C)(C)C. The number of nitrogens with zero attached hydrogens (tertiary/aromatic N) is 1. The van der Waals surface area contributed by atoms with Crippen LogP contribution in [0.4, 0.5) is 11.4 Å². The van der Waals surface area contributed by atoms with Crippen molar-refractivity contribution >= 4 is 23.3 Å². The summed E-state index contributed by atoms with van der Waals surface area (Å²) in [4.78, 5) is 10.3. The number of hydrogen-bond donors (Lipinski definition) is 1. The summed E-state index contributed by atoms with van der Waals surface area (Å²) in [5.41, 5.74) is 1.92. The highest BCUT2D eigenvalue weighted by Crippen LogP contribution is 2.29. The molecule has 1 N–H and O–H groups in total. The Bertz CT molecular complexity index is 399. The van der Waals surface area contributed by atoms with E-state index in [1.807, 2.05) is 6.92 Å². The van der Waals surface area contributed by atoms with Crippen molar-refractivity contribution in [3.8, 4) is 0 Å². The van der Waals surface area contributed by atoms with Gasteiger partial charge in [-0.05, 0) is 45.2 Å². The lowest BCUT2D eigenvalue weighted by atomic mass is 10.2. The minimum Gasteiger partial charge on any atom is -0.329 e. The van der Waals surface area contributed by atoms with Crippen LogP contribution in [0.15, 0.2) is 18.2 Å². The highest BCUT2D eigenvalue weighted by molar-refractivity contribution is 8.01. The molecule has 0 aliphatic carbocycles. The van der Waals surface area contributed by atoms with E-state index >= 15 is 0 Å². The molecule has 0 spiro atoms. The maximum atomic E-state index is 10.6. The first kappa shape index (κ1) is 12.8. The number of nitro benzene ring substituents is 1. The van der Waals surface area contributed by atoms with Crippen molar-refractivity contribution in [2.75, 3.05) is 4.72 Å². The molecule has 0 aliphatic rings. The third-order valence-corrected chi connectivity index (χ3v) is 2.83. The van der Waals surface area contributed by atoms with Crippen molar-refractivity contribution in [2.24, 2.45) is 0 Å². The van der Waals surface area contributed by atoms with Gasteiger partial charge in [0, 0.05) is 16.9 Å². The summed E-state index contributed by atoms with van der Waals surface area (Å²) in [5.74, 6) is 0. The maximum absolute atomic E-state index is 10.6. The Morgan fingerprint density at radius 2 is 2.00 bits per heavy atom. The van der Waals surface area contributed by atoms with E-state index in [4.69, 9.17) is 0 Å². The monoisotopic (exact) mass is 240 g/mol. The summed E-state index contributed by atoms with van der Waals surface area (Å²) in [6, 6.07) is 4.83. The molecule has 0 aromatic heterocycles. The fraction of sp³-hybridized carbons (Fsp3) is 0.455. The van der Waals surface area contributed by atoms with E-state index in [-0.39, 0.29) is 15.4 Å². The summed E-state index contributed by atoms with van der Waals surface area (Å²) in [5, 5.41) is 10.6. The van der Waals surface area contributed by atoms with E-state index in [0.717, 1.165) is 11.3 Å². The summed E-state index contributed by atoms with van der Waals surface area (Å²) in [6.45, 7) is 8.17. The highest BCUT2D eigenvalue weighted by atomic mass is 32.2. The molecule has 5 heteroatoms. The first-order valence-electron chi connectivity index (χ1n) is 4.99. The summed E-state index contributed by atoms with van der Waals surface area (Å²) < 4.78 is 3.23. The van der Waals surface area contributed by atoms with Gasteiger partial charge in [-0.2, -0.15) is 0 Å². The molecule has 88 valence electrons. The fourth-order valence-electron chi connectivity index (χ4n) is 1.04. The Morgan fingerprint density at radius 3 is 2.50 bits per heavy atom. The molecule has 4 nitrogen and oxygen atoms in total. The fourth-order valence-corrected chi connectivity index (χ4v) is 1.68. The predicted octanol–water partition coefficient (Wildman–Crippen LogP) is 3.76. The van der Waals surface area contributed by atoms with Gasteiger partial charge in [0.1, 0.15) is 0 Å². The van der Waals surface area contributed by atoms with Crippen LogP contribution in [0, 0.1) is 17.0 Å². The Morgan fingerprint density at radius 1 is 1.38 bits per heavy atom. The molecule has 16 heavy (non-hydrogen) atoms. The molecule has 0 atom stereocenters. The first-order chi connectivity index (χ1) is 7.29. The molecule has 0 heterocycles. The summed E-state index contributed by atoms with van der Waals surface area (Å²) in [6.07, 6.45) is 0.